The van der Waals surface area contributed by atoms with Gasteiger partial charge >= 0.3 is 0 Å². The van der Waals surface area contributed by atoms with Gasteiger partial charge in [0.25, 0.3) is 0 Å². The van der Waals surface area contributed by atoms with Crippen LogP contribution in [0.4, 0.5) is 0 Å². The highest BCUT2D eigenvalue weighted by molar-refractivity contribution is 7.99. The monoisotopic (exact) mass is 188 g/mol. The molecule has 0 unspecified atom stereocenters. The maximum atomic E-state index is 5.80. The molecular formula is C9H16O2S. The van der Waals surface area contributed by atoms with Crippen LogP contribution in [0, 0.1) is 0 Å². The van der Waals surface area contributed by atoms with Crippen molar-refractivity contribution in [1.29, 1.82) is 0 Å². The van der Waals surface area contributed by atoms with Crippen molar-refractivity contribution < 1.29 is 9.47 Å². The summed E-state index contributed by atoms with van der Waals surface area (Å²) in [6, 6.07) is 0. The van der Waals surface area contributed by atoms with E-state index in [-0.39, 0.29) is 5.79 Å². The van der Waals surface area contributed by atoms with Gasteiger partial charge in [0, 0.05) is 0 Å². The van der Waals surface area contributed by atoms with Crippen LogP contribution in [0.15, 0.2) is 0 Å². The van der Waals surface area contributed by atoms with E-state index in [2.05, 4.69) is 0 Å². The third-order valence-electron chi connectivity index (χ3n) is 2.38. The van der Waals surface area contributed by atoms with E-state index >= 15 is 0 Å². The molecule has 2 nitrogen and oxygen atoms in total. The summed E-state index contributed by atoms with van der Waals surface area (Å²) in [4.78, 5) is 0. The predicted molar refractivity (Wildman–Crippen MR) is 50.4 cm³/mol. The van der Waals surface area contributed by atoms with Gasteiger partial charge in [-0.1, -0.05) is 0 Å². The van der Waals surface area contributed by atoms with Gasteiger partial charge in [0.1, 0.15) is 0 Å². The molecule has 0 aromatic rings. The van der Waals surface area contributed by atoms with E-state index in [1.807, 2.05) is 25.6 Å². The Kier molecular flexibility index (Phi) is 2.36. The molecule has 0 saturated carbocycles. The molecule has 0 bridgehead atoms. The molecule has 2 saturated heterocycles. The number of hydrogen-bond donors (Lipinski definition) is 0. The van der Waals surface area contributed by atoms with Crippen LogP contribution < -0.4 is 0 Å². The number of hydrogen-bond acceptors (Lipinski definition) is 3. The van der Waals surface area contributed by atoms with Crippen molar-refractivity contribution >= 4 is 11.8 Å². The van der Waals surface area contributed by atoms with Crippen molar-refractivity contribution in [3.05, 3.63) is 0 Å². The summed E-state index contributed by atoms with van der Waals surface area (Å²) in [5.74, 6) is 2.11. The maximum absolute atomic E-state index is 5.80. The lowest BCUT2D eigenvalue weighted by molar-refractivity contribution is -0.146. The molecule has 0 radical (unpaired) electrons. The zero-order valence-electron chi connectivity index (χ0n) is 7.71. The third kappa shape index (κ3) is 1.78. The van der Waals surface area contributed by atoms with Gasteiger partial charge in [-0.25, -0.2) is 0 Å². The van der Waals surface area contributed by atoms with Gasteiger partial charge in [-0.3, -0.25) is 0 Å². The van der Waals surface area contributed by atoms with Crippen molar-refractivity contribution in [3.63, 3.8) is 0 Å². The summed E-state index contributed by atoms with van der Waals surface area (Å²) in [6.07, 6.45) is 3.02. The van der Waals surface area contributed by atoms with Gasteiger partial charge in [-0.2, -0.15) is 11.8 Å². The van der Waals surface area contributed by atoms with Gasteiger partial charge in [-0.05, 0) is 38.2 Å². The number of thioether (sulfide) groups is 1. The van der Waals surface area contributed by atoms with Crippen LogP contribution in [0.1, 0.15) is 26.7 Å². The maximum Gasteiger partial charge on any atom is 0.163 e. The fourth-order valence-electron chi connectivity index (χ4n) is 1.90. The zero-order chi connectivity index (χ0) is 8.60. The fraction of sp³-hybridized carbons (Fsp3) is 1.00. The average molecular weight is 188 g/mol. The van der Waals surface area contributed by atoms with E-state index < -0.39 is 0 Å². The van der Waals surface area contributed by atoms with E-state index in [4.69, 9.17) is 9.47 Å². The molecule has 0 N–H and O–H groups in total. The van der Waals surface area contributed by atoms with Crippen LogP contribution in [0.25, 0.3) is 0 Å². The Hall–Kier alpha value is 0.270. The minimum Gasteiger partial charge on any atom is -0.345 e. The van der Waals surface area contributed by atoms with Crippen LogP contribution in [-0.4, -0.2) is 29.5 Å². The predicted octanol–water partition coefficient (Wildman–Crippen LogP) is 2.03. The van der Waals surface area contributed by atoms with Crippen LogP contribution in [0.2, 0.25) is 0 Å². The molecule has 0 aromatic carbocycles. The molecule has 12 heavy (non-hydrogen) atoms. The van der Waals surface area contributed by atoms with Gasteiger partial charge in [0.2, 0.25) is 0 Å². The lowest BCUT2D eigenvalue weighted by Crippen LogP contribution is -2.21. The molecule has 2 rings (SSSR count). The first-order valence-corrected chi connectivity index (χ1v) is 5.76. The Labute approximate surface area is 78.0 Å². The lowest BCUT2D eigenvalue weighted by atomic mass is 10.1. The molecule has 70 valence electrons. The van der Waals surface area contributed by atoms with Gasteiger partial charge in [-0.15, -0.1) is 0 Å². The summed E-state index contributed by atoms with van der Waals surface area (Å²) in [7, 11) is 0. The van der Waals surface area contributed by atoms with E-state index in [0.29, 0.717) is 12.2 Å². The smallest absolute Gasteiger partial charge is 0.163 e. The standard InChI is InChI=1S/C9H16O2S/c1-9(2)10-7-3-5-12-6-4-8(7)11-9/h7-8H,3-6H2,1-2H3/t7-,8-/m1/s1. The van der Waals surface area contributed by atoms with Crippen LogP contribution in [0.5, 0.6) is 0 Å². The Morgan fingerprint density at radius 3 is 2.08 bits per heavy atom. The number of ether oxygens (including phenoxy) is 2. The Bertz CT molecular complexity index is 154. The number of rotatable bonds is 0. The summed E-state index contributed by atoms with van der Waals surface area (Å²) in [5, 5.41) is 0. The second-order valence-corrected chi connectivity index (χ2v) is 5.13. The quantitative estimate of drug-likeness (QED) is 0.579. The molecule has 2 fully saturated rings. The van der Waals surface area contributed by atoms with Crippen molar-refractivity contribution in [2.75, 3.05) is 11.5 Å². The molecular weight excluding hydrogens is 172 g/mol. The van der Waals surface area contributed by atoms with Crippen molar-refractivity contribution in [2.24, 2.45) is 0 Å². The first-order valence-electron chi connectivity index (χ1n) is 4.61. The van der Waals surface area contributed by atoms with Gasteiger partial charge in [0.05, 0.1) is 12.2 Å². The molecule has 2 aliphatic rings. The average Bonchev–Trinajstić information content (AvgIpc) is 2.17. The first-order chi connectivity index (χ1) is 5.67. The van der Waals surface area contributed by atoms with Crippen molar-refractivity contribution in [1.82, 2.24) is 0 Å². The first kappa shape index (κ1) is 8.85. The molecule has 3 heteroatoms. The molecule has 2 atom stereocenters. The Balaban J connectivity index is 2.02. The van der Waals surface area contributed by atoms with E-state index in [1.165, 1.54) is 11.5 Å². The summed E-state index contributed by atoms with van der Waals surface area (Å²) >= 11 is 2.01. The summed E-state index contributed by atoms with van der Waals surface area (Å²) in [6.45, 7) is 4.02. The minimum atomic E-state index is -0.336. The summed E-state index contributed by atoms with van der Waals surface area (Å²) in [5.41, 5.74) is 0. The molecule has 0 spiro atoms. The largest absolute Gasteiger partial charge is 0.345 e. The minimum absolute atomic E-state index is 0.336. The Morgan fingerprint density at radius 2 is 1.58 bits per heavy atom. The van der Waals surface area contributed by atoms with Crippen molar-refractivity contribution in [3.8, 4) is 0 Å². The highest BCUT2D eigenvalue weighted by Crippen LogP contribution is 2.34. The molecule has 0 amide bonds. The third-order valence-corrected chi connectivity index (χ3v) is 3.43. The molecule has 2 aliphatic heterocycles. The fourth-order valence-corrected chi connectivity index (χ4v) is 2.90. The van der Waals surface area contributed by atoms with Crippen LogP contribution in [0.3, 0.4) is 0 Å². The topological polar surface area (TPSA) is 18.5 Å². The second kappa shape index (κ2) is 3.20. The SMILES string of the molecule is CC1(C)O[C@@H]2CCSCC[C@H]2O1. The molecule has 0 aliphatic carbocycles. The summed E-state index contributed by atoms with van der Waals surface area (Å²) < 4.78 is 11.6. The van der Waals surface area contributed by atoms with Crippen molar-refractivity contribution in [2.45, 2.75) is 44.7 Å². The van der Waals surface area contributed by atoms with Crippen LogP contribution in [-0.2, 0) is 9.47 Å². The molecule has 2 heterocycles. The molecule has 0 aromatic heterocycles. The highest BCUT2D eigenvalue weighted by Gasteiger charge is 2.41. The second-order valence-electron chi connectivity index (χ2n) is 3.90. The van der Waals surface area contributed by atoms with Gasteiger partial charge in [0.15, 0.2) is 5.79 Å². The van der Waals surface area contributed by atoms with E-state index in [0.717, 1.165) is 12.8 Å². The van der Waals surface area contributed by atoms with E-state index in [9.17, 15) is 0 Å². The normalized spacial score (nSPS) is 40.5. The highest BCUT2D eigenvalue weighted by atomic mass is 32.2. The Morgan fingerprint density at radius 1 is 1.08 bits per heavy atom. The zero-order valence-corrected chi connectivity index (χ0v) is 8.52. The number of fused-ring (bicyclic) bond motifs is 1. The lowest BCUT2D eigenvalue weighted by Gasteiger charge is -2.17. The van der Waals surface area contributed by atoms with Gasteiger partial charge < -0.3 is 9.47 Å². The van der Waals surface area contributed by atoms with E-state index in [1.54, 1.807) is 0 Å². The van der Waals surface area contributed by atoms with Crippen LogP contribution >= 0.6 is 11.8 Å².